The number of thiophene rings is 1. The van der Waals surface area contributed by atoms with Crippen molar-refractivity contribution in [1.82, 2.24) is 4.90 Å². The molecule has 1 N–H and O–H groups in total. The van der Waals surface area contributed by atoms with Gasteiger partial charge in [0.2, 0.25) is 0 Å². The van der Waals surface area contributed by atoms with Crippen LogP contribution >= 0.6 is 11.3 Å². The van der Waals surface area contributed by atoms with Crippen molar-refractivity contribution in [1.29, 1.82) is 0 Å². The molecule has 110 valence electrons. The Balaban J connectivity index is 1.76. The number of amides is 1. The van der Waals surface area contributed by atoms with Crippen molar-refractivity contribution in [2.45, 2.75) is 57.5 Å². The number of likely N-dealkylation sites (tertiary alicyclic amines) is 1. The molecule has 1 saturated heterocycles. The van der Waals surface area contributed by atoms with E-state index in [9.17, 15) is 9.90 Å². The van der Waals surface area contributed by atoms with Gasteiger partial charge in [0.05, 0.1) is 11.0 Å². The van der Waals surface area contributed by atoms with Crippen molar-refractivity contribution in [3.63, 3.8) is 0 Å². The zero-order valence-corrected chi connectivity index (χ0v) is 12.8. The first kappa shape index (κ1) is 14.1. The number of aliphatic hydroxyl groups is 1. The fraction of sp³-hybridized carbons (Fsp3) is 0.688. The molecule has 1 fully saturated rings. The number of nitrogens with zero attached hydrogens (tertiary/aromatic N) is 1. The largest absolute Gasteiger partial charge is 0.391 e. The second-order valence-corrected chi connectivity index (χ2v) is 7.16. The minimum absolute atomic E-state index is 0.125. The molecule has 0 saturated carbocycles. The van der Waals surface area contributed by atoms with Crippen molar-refractivity contribution in [2.24, 2.45) is 0 Å². The van der Waals surface area contributed by atoms with E-state index in [1.807, 2.05) is 4.90 Å². The number of carbonyl (C=O) groups excluding carboxylic acids is 1. The van der Waals surface area contributed by atoms with Crippen molar-refractivity contribution >= 4 is 17.2 Å². The van der Waals surface area contributed by atoms with Crippen LogP contribution in [0, 0.1) is 0 Å². The third kappa shape index (κ3) is 3.07. The average Bonchev–Trinajstić information content (AvgIpc) is 2.80. The molecular formula is C16H23NO2S. The number of piperidine rings is 1. The Labute approximate surface area is 124 Å². The third-order valence-corrected chi connectivity index (χ3v) is 5.62. The van der Waals surface area contributed by atoms with Gasteiger partial charge in [0.1, 0.15) is 0 Å². The number of hydrogen-bond donors (Lipinski definition) is 1. The number of β-amino-alcohol motifs (C(OH)–C–C–N with tert-alkyl or cyclic N) is 1. The van der Waals surface area contributed by atoms with Crippen LogP contribution < -0.4 is 0 Å². The summed E-state index contributed by atoms with van der Waals surface area (Å²) in [5, 5.41) is 9.72. The Morgan fingerprint density at radius 3 is 2.80 bits per heavy atom. The first-order valence-electron chi connectivity index (χ1n) is 7.83. The van der Waals surface area contributed by atoms with Gasteiger partial charge < -0.3 is 10.0 Å². The maximum atomic E-state index is 12.6. The van der Waals surface area contributed by atoms with E-state index in [1.54, 1.807) is 11.3 Å². The molecule has 1 atom stereocenters. The highest BCUT2D eigenvalue weighted by Gasteiger charge is 2.25. The van der Waals surface area contributed by atoms with E-state index >= 15 is 0 Å². The summed E-state index contributed by atoms with van der Waals surface area (Å²) in [4.78, 5) is 16.7. The monoisotopic (exact) mass is 293 g/mol. The van der Waals surface area contributed by atoms with Crippen LogP contribution in [0.3, 0.4) is 0 Å². The minimum Gasteiger partial charge on any atom is -0.391 e. The molecule has 1 aromatic heterocycles. The predicted octanol–water partition coefficient (Wildman–Crippen LogP) is 3.00. The van der Waals surface area contributed by atoms with E-state index < -0.39 is 0 Å². The lowest BCUT2D eigenvalue weighted by atomic mass is 9.99. The van der Waals surface area contributed by atoms with Gasteiger partial charge in [-0.3, -0.25) is 4.79 Å². The Morgan fingerprint density at radius 1 is 1.20 bits per heavy atom. The summed E-state index contributed by atoms with van der Waals surface area (Å²) in [6.07, 6.45) is 8.80. The molecule has 4 heteroatoms. The molecule has 20 heavy (non-hydrogen) atoms. The van der Waals surface area contributed by atoms with E-state index in [-0.39, 0.29) is 12.0 Å². The maximum absolute atomic E-state index is 12.6. The topological polar surface area (TPSA) is 40.5 Å². The first-order chi connectivity index (χ1) is 9.74. The summed E-state index contributed by atoms with van der Waals surface area (Å²) in [5.41, 5.74) is 1.40. The molecular weight excluding hydrogens is 270 g/mol. The van der Waals surface area contributed by atoms with E-state index in [0.29, 0.717) is 6.54 Å². The maximum Gasteiger partial charge on any atom is 0.264 e. The second-order valence-electron chi connectivity index (χ2n) is 6.02. The lowest BCUT2D eigenvalue weighted by Crippen LogP contribution is -2.41. The fourth-order valence-electron chi connectivity index (χ4n) is 3.24. The number of carbonyl (C=O) groups is 1. The molecule has 2 aliphatic rings. The van der Waals surface area contributed by atoms with Gasteiger partial charge in [0.25, 0.3) is 5.91 Å². The van der Waals surface area contributed by atoms with Gasteiger partial charge >= 0.3 is 0 Å². The van der Waals surface area contributed by atoms with Crippen LogP contribution in [0.15, 0.2) is 6.07 Å². The Morgan fingerprint density at radius 2 is 2.00 bits per heavy atom. The predicted molar refractivity (Wildman–Crippen MR) is 81.3 cm³/mol. The van der Waals surface area contributed by atoms with Crippen LogP contribution in [0.5, 0.6) is 0 Å². The van der Waals surface area contributed by atoms with Gasteiger partial charge in [-0.15, -0.1) is 11.3 Å². The van der Waals surface area contributed by atoms with Crippen LogP contribution in [0.1, 0.15) is 58.6 Å². The van der Waals surface area contributed by atoms with Gasteiger partial charge in [-0.2, -0.15) is 0 Å². The van der Waals surface area contributed by atoms with Gasteiger partial charge in [-0.05, 0) is 50.2 Å². The number of fused-ring (bicyclic) bond motifs is 1. The lowest BCUT2D eigenvalue weighted by molar-refractivity contribution is 0.0477. The molecule has 1 aromatic rings. The fourth-order valence-corrected chi connectivity index (χ4v) is 4.47. The lowest BCUT2D eigenvalue weighted by Gasteiger charge is -2.29. The summed E-state index contributed by atoms with van der Waals surface area (Å²) in [7, 11) is 0. The average molecular weight is 293 g/mol. The molecule has 1 aliphatic carbocycles. The summed E-state index contributed by atoms with van der Waals surface area (Å²) < 4.78 is 0. The highest BCUT2D eigenvalue weighted by molar-refractivity contribution is 7.14. The molecule has 0 aromatic carbocycles. The Hall–Kier alpha value is -0.870. The number of hydrogen-bond acceptors (Lipinski definition) is 3. The second kappa shape index (κ2) is 6.27. The SMILES string of the molecule is O=C(c1cc2c(s1)CCCCCC2)N1CCCC(O)C1. The highest BCUT2D eigenvalue weighted by atomic mass is 32.1. The standard InChI is InChI=1S/C16H23NO2S/c18-13-7-5-9-17(11-13)16(19)15-10-12-6-3-1-2-4-8-14(12)20-15/h10,13,18H,1-9,11H2. The van der Waals surface area contributed by atoms with Gasteiger partial charge in [0.15, 0.2) is 0 Å². The molecule has 2 heterocycles. The Bertz CT molecular complexity index is 457. The molecule has 0 radical (unpaired) electrons. The summed E-state index contributed by atoms with van der Waals surface area (Å²) >= 11 is 1.69. The van der Waals surface area contributed by atoms with E-state index in [0.717, 1.165) is 37.1 Å². The quantitative estimate of drug-likeness (QED) is 0.864. The first-order valence-corrected chi connectivity index (χ1v) is 8.64. The van der Waals surface area contributed by atoms with Crippen LogP contribution in [-0.4, -0.2) is 35.1 Å². The number of rotatable bonds is 1. The van der Waals surface area contributed by atoms with Gasteiger partial charge in [-0.1, -0.05) is 12.8 Å². The van der Waals surface area contributed by atoms with Crippen LogP contribution in [-0.2, 0) is 12.8 Å². The van der Waals surface area contributed by atoms with Crippen LogP contribution in [0.25, 0.3) is 0 Å². The highest BCUT2D eigenvalue weighted by Crippen LogP contribution is 2.29. The van der Waals surface area contributed by atoms with Crippen LogP contribution in [0.4, 0.5) is 0 Å². The van der Waals surface area contributed by atoms with E-state index in [2.05, 4.69) is 6.07 Å². The molecule has 0 spiro atoms. The van der Waals surface area contributed by atoms with Gasteiger partial charge in [0, 0.05) is 18.0 Å². The van der Waals surface area contributed by atoms with Crippen LogP contribution in [0.2, 0.25) is 0 Å². The summed E-state index contributed by atoms with van der Waals surface area (Å²) in [6, 6.07) is 2.12. The smallest absolute Gasteiger partial charge is 0.264 e. The zero-order chi connectivity index (χ0) is 13.9. The zero-order valence-electron chi connectivity index (χ0n) is 11.9. The summed E-state index contributed by atoms with van der Waals surface area (Å²) in [5.74, 6) is 0.125. The van der Waals surface area contributed by atoms with Crippen molar-refractivity contribution in [3.05, 3.63) is 21.4 Å². The van der Waals surface area contributed by atoms with E-state index in [1.165, 1.54) is 36.1 Å². The Kier molecular flexibility index (Phi) is 4.41. The molecule has 3 nitrogen and oxygen atoms in total. The van der Waals surface area contributed by atoms with Crippen molar-refractivity contribution < 1.29 is 9.90 Å². The molecule has 1 amide bonds. The van der Waals surface area contributed by atoms with Crippen molar-refractivity contribution in [2.75, 3.05) is 13.1 Å². The molecule has 1 aliphatic heterocycles. The molecule has 1 unspecified atom stereocenters. The number of aryl methyl sites for hydroxylation is 2. The van der Waals surface area contributed by atoms with E-state index in [4.69, 9.17) is 0 Å². The molecule has 0 bridgehead atoms. The van der Waals surface area contributed by atoms with Gasteiger partial charge in [-0.25, -0.2) is 0 Å². The normalized spacial score (nSPS) is 23.9. The van der Waals surface area contributed by atoms with Crippen molar-refractivity contribution in [3.8, 4) is 0 Å². The number of aliphatic hydroxyl groups excluding tert-OH is 1. The third-order valence-electron chi connectivity index (χ3n) is 4.39. The minimum atomic E-state index is -0.339. The summed E-state index contributed by atoms with van der Waals surface area (Å²) in [6.45, 7) is 1.29. The molecule has 3 rings (SSSR count).